The number of nitrogens with one attached hydrogen (secondary N) is 1. The maximum atomic E-state index is 12.2. The monoisotopic (exact) mass is 424 g/mol. The molecule has 0 aliphatic heterocycles. The smallest absolute Gasteiger partial charge is 0.267 e. The Bertz CT molecular complexity index is 876. The van der Waals surface area contributed by atoms with E-state index in [-0.39, 0.29) is 5.91 Å². The predicted octanol–water partition coefficient (Wildman–Crippen LogP) is 4.90. The fourth-order valence-corrected chi connectivity index (χ4v) is 4.05. The Morgan fingerprint density at radius 2 is 2.04 bits per heavy atom. The molecule has 24 heavy (non-hydrogen) atoms. The molecule has 0 bridgehead atoms. The molecule has 8 heteroatoms. The molecular weight excluding hydrogens is 412 g/mol. The summed E-state index contributed by atoms with van der Waals surface area (Å²) in [4.78, 5) is 17.3. The van der Waals surface area contributed by atoms with Gasteiger partial charge in [0.15, 0.2) is 5.13 Å². The highest BCUT2D eigenvalue weighted by atomic mass is 79.9. The number of halogens is 1. The summed E-state index contributed by atoms with van der Waals surface area (Å²) in [7, 11) is 3.21. The van der Waals surface area contributed by atoms with Crippen LogP contribution >= 0.6 is 38.6 Å². The Labute approximate surface area is 155 Å². The number of hydrogen-bond donors (Lipinski definition) is 1. The van der Waals surface area contributed by atoms with E-state index in [1.807, 2.05) is 29.6 Å². The molecule has 3 aromatic rings. The fourth-order valence-electron chi connectivity index (χ4n) is 2.06. The van der Waals surface area contributed by atoms with Gasteiger partial charge in [0, 0.05) is 10.9 Å². The van der Waals surface area contributed by atoms with Crippen LogP contribution in [-0.2, 0) is 0 Å². The average molecular weight is 425 g/mol. The predicted molar refractivity (Wildman–Crippen MR) is 101 cm³/mol. The number of hydrogen-bond acceptors (Lipinski definition) is 6. The van der Waals surface area contributed by atoms with Gasteiger partial charge in [0.1, 0.15) is 11.5 Å². The second kappa shape index (κ2) is 7.33. The van der Waals surface area contributed by atoms with Gasteiger partial charge in [-0.25, -0.2) is 4.98 Å². The van der Waals surface area contributed by atoms with Gasteiger partial charge in [-0.15, -0.1) is 22.7 Å². The number of anilines is 1. The van der Waals surface area contributed by atoms with Gasteiger partial charge < -0.3 is 9.47 Å². The number of rotatable bonds is 5. The van der Waals surface area contributed by atoms with Gasteiger partial charge in [-0.05, 0) is 46.3 Å². The third-order valence-electron chi connectivity index (χ3n) is 3.20. The molecule has 1 amide bonds. The lowest BCUT2D eigenvalue weighted by molar-refractivity contribution is 0.103. The van der Waals surface area contributed by atoms with Crippen LogP contribution < -0.4 is 14.8 Å². The van der Waals surface area contributed by atoms with Crippen LogP contribution in [-0.4, -0.2) is 25.1 Å². The quantitative estimate of drug-likeness (QED) is 0.632. The Hall–Kier alpha value is -1.90. The minimum atomic E-state index is -0.177. The third kappa shape index (κ3) is 3.61. The zero-order chi connectivity index (χ0) is 17.1. The van der Waals surface area contributed by atoms with E-state index < -0.39 is 0 Å². The lowest BCUT2D eigenvalue weighted by Crippen LogP contribution is -2.09. The van der Waals surface area contributed by atoms with Crippen molar-refractivity contribution in [3.63, 3.8) is 0 Å². The molecule has 5 nitrogen and oxygen atoms in total. The fraction of sp³-hybridized carbons (Fsp3) is 0.125. The first-order valence-electron chi connectivity index (χ1n) is 6.85. The van der Waals surface area contributed by atoms with Gasteiger partial charge in [0.25, 0.3) is 5.91 Å². The van der Waals surface area contributed by atoms with E-state index in [1.54, 1.807) is 20.3 Å². The Morgan fingerprint density at radius 3 is 2.71 bits per heavy atom. The van der Waals surface area contributed by atoms with Crippen LogP contribution in [0, 0.1) is 0 Å². The number of nitrogens with zero attached hydrogens (tertiary/aromatic N) is 1. The maximum Gasteiger partial charge on any atom is 0.267 e. The standard InChI is InChI=1S/C16H13BrN2O3S2/c1-21-9-3-4-12(22-2)10(7-9)11-8-23-16(18-11)19-15(20)13-5-6-14(17)24-13/h3-8H,1-2H3,(H,18,19,20). The molecule has 124 valence electrons. The number of amides is 1. The first-order chi connectivity index (χ1) is 11.6. The summed E-state index contributed by atoms with van der Waals surface area (Å²) in [6.07, 6.45) is 0. The first kappa shape index (κ1) is 16.9. The van der Waals surface area contributed by atoms with Crippen molar-refractivity contribution in [1.82, 2.24) is 4.98 Å². The highest BCUT2D eigenvalue weighted by Crippen LogP contribution is 2.35. The van der Waals surface area contributed by atoms with E-state index in [1.165, 1.54) is 22.7 Å². The van der Waals surface area contributed by atoms with Crippen molar-refractivity contribution in [2.75, 3.05) is 19.5 Å². The van der Waals surface area contributed by atoms with Crippen molar-refractivity contribution >= 4 is 49.6 Å². The summed E-state index contributed by atoms with van der Waals surface area (Å²) in [5, 5.41) is 5.22. The Kier molecular flexibility index (Phi) is 5.17. The molecule has 3 rings (SSSR count). The van der Waals surface area contributed by atoms with Crippen molar-refractivity contribution in [1.29, 1.82) is 0 Å². The van der Waals surface area contributed by atoms with Gasteiger partial charge >= 0.3 is 0 Å². The number of carbonyl (C=O) groups is 1. The highest BCUT2D eigenvalue weighted by molar-refractivity contribution is 9.11. The molecule has 1 N–H and O–H groups in total. The molecule has 0 atom stereocenters. The van der Waals surface area contributed by atoms with E-state index in [0.29, 0.717) is 21.5 Å². The largest absolute Gasteiger partial charge is 0.497 e. The highest BCUT2D eigenvalue weighted by Gasteiger charge is 2.14. The Balaban J connectivity index is 1.84. The van der Waals surface area contributed by atoms with Crippen LogP contribution in [0.2, 0.25) is 0 Å². The average Bonchev–Trinajstić information content (AvgIpc) is 3.23. The van der Waals surface area contributed by atoms with Crippen LogP contribution in [0.25, 0.3) is 11.3 Å². The molecule has 2 heterocycles. The molecule has 0 saturated carbocycles. The molecule has 1 aromatic carbocycles. The number of ether oxygens (including phenoxy) is 2. The van der Waals surface area contributed by atoms with Gasteiger partial charge in [-0.1, -0.05) is 0 Å². The van der Waals surface area contributed by atoms with Crippen molar-refractivity contribution in [2.45, 2.75) is 0 Å². The van der Waals surface area contributed by atoms with Crippen molar-refractivity contribution in [3.05, 3.63) is 44.4 Å². The second-order valence-corrected chi connectivity index (χ2v) is 7.98. The summed E-state index contributed by atoms with van der Waals surface area (Å²) in [5.41, 5.74) is 1.53. The number of methoxy groups -OCH3 is 2. The summed E-state index contributed by atoms with van der Waals surface area (Å²) in [5.74, 6) is 1.23. The maximum absolute atomic E-state index is 12.2. The third-order valence-corrected chi connectivity index (χ3v) is 5.58. The number of thiophene rings is 1. The molecule has 2 aromatic heterocycles. The SMILES string of the molecule is COc1ccc(OC)c(-c2csc(NC(=O)c3ccc(Br)s3)n2)c1. The van der Waals surface area contributed by atoms with Crippen molar-refractivity contribution < 1.29 is 14.3 Å². The van der Waals surface area contributed by atoms with E-state index in [2.05, 4.69) is 26.2 Å². The van der Waals surface area contributed by atoms with E-state index in [4.69, 9.17) is 9.47 Å². The summed E-state index contributed by atoms with van der Waals surface area (Å²) in [6.45, 7) is 0. The minimum absolute atomic E-state index is 0.177. The lowest BCUT2D eigenvalue weighted by atomic mass is 10.1. The minimum Gasteiger partial charge on any atom is -0.497 e. The molecule has 0 radical (unpaired) electrons. The normalized spacial score (nSPS) is 10.5. The number of carbonyl (C=O) groups excluding carboxylic acids is 1. The van der Waals surface area contributed by atoms with Crippen LogP contribution in [0.4, 0.5) is 5.13 Å². The molecule has 0 aliphatic carbocycles. The molecular formula is C16H13BrN2O3S2. The zero-order valence-corrected chi connectivity index (χ0v) is 16.0. The summed E-state index contributed by atoms with van der Waals surface area (Å²) < 4.78 is 11.5. The molecule has 0 saturated heterocycles. The topological polar surface area (TPSA) is 60.5 Å². The number of aromatic nitrogens is 1. The molecule has 0 unspecified atom stereocenters. The van der Waals surface area contributed by atoms with Gasteiger partial charge in [0.2, 0.25) is 0 Å². The zero-order valence-electron chi connectivity index (χ0n) is 12.8. The molecule has 0 aliphatic rings. The van der Waals surface area contributed by atoms with Gasteiger partial charge in [-0.3, -0.25) is 10.1 Å². The van der Waals surface area contributed by atoms with Crippen LogP contribution in [0.15, 0.2) is 39.5 Å². The lowest BCUT2D eigenvalue weighted by Gasteiger charge is -2.08. The van der Waals surface area contributed by atoms with E-state index in [9.17, 15) is 4.79 Å². The van der Waals surface area contributed by atoms with Crippen LogP contribution in [0.3, 0.4) is 0 Å². The van der Waals surface area contributed by atoms with E-state index >= 15 is 0 Å². The summed E-state index contributed by atoms with van der Waals surface area (Å²) in [6, 6.07) is 9.12. The second-order valence-electron chi connectivity index (χ2n) is 4.66. The van der Waals surface area contributed by atoms with Gasteiger partial charge in [0.05, 0.1) is 28.6 Å². The van der Waals surface area contributed by atoms with Crippen LogP contribution in [0.5, 0.6) is 11.5 Å². The van der Waals surface area contributed by atoms with Crippen LogP contribution in [0.1, 0.15) is 9.67 Å². The molecule has 0 spiro atoms. The first-order valence-corrected chi connectivity index (χ1v) is 9.34. The molecule has 0 fully saturated rings. The number of benzene rings is 1. The van der Waals surface area contributed by atoms with Crippen molar-refractivity contribution in [2.24, 2.45) is 0 Å². The van der Waals surface area contributed by atoms with E-state index in [0.717, 1.165) is 15.0 Å². The summed E-state index contributed by atoms with van der Waals surface area (Å²) >= 11 is 6.08. The number of thiazole rings is 1. The van der Waals surface area contributed by atoms with Gasteiger partial charge in [-0.2, -0.15) is 0 Å². The van der Waals surface area contributed by atoms with Crippen molar-refractivity contribution in [3.8, 4) is 22.8 Å². The Morgan fingerprint density at radius 1 is 1.21 bits per heavy atom.